The summed E-state index contributed by atoms with van der Waals surface area (Å²) in [6.07, 6.45) is 2.65. The van der Waals surface area contributed by atoms with Gasteiger partial charge in [0.2, 0.25) is 0 Å². The van der Waals surface area contributed by atoms with E-state index in [2.05, 4.69) is 63.5 Å². The minimum Gasteiger partial charge on any atom is -0.481 e. The first-order valence-corrected chi connectivity index (χ1v) is 9.11. The van der Waals surface area contributed by atoms with Crippen molar-refractivity contribution in [1.29, 1.82) is 0 Å². The Morgan fingerprint density at radius 1 is 1.15 bits per heavy atom. The second-order valence-electron chi connectivity index (χ2n) is 8.65. The van der Waals surface area contributed by atoms with E-state index in [0.717, 1.165) is 16.9 Å². The molecule has 2 aromatic rings. The summed E-state index contributed by atoms with van der Waals surface area (Å²) < 4.78 is 1.93. The molecule has 0 spiro atoms. The van der Waals surface area contributed by atoms with Gasteiger partial charge in [0, 0.05) is 23.7 Å². The molecule has 1 aromatic carbocycles. The lowest BCUT2D eigenvalue weighted by atomic mass is 9.89. The number of nitrogens with one attached hydrogen (secondary N) is 1. The van der Waals surface area contributed by atoms with Crippen LogP contribution >= 0.6 is 0 Å². The van der Waals surface area contributed by atoms with E-state index >= 15 is 0 Å². The standard InChI is InChI=1S/C21H31N3O2/c1-15-7-9-17(10-8-15)24-14-16(18(23-24)20(2,3)4)13-22-12-11-21(5,6)19(25)26/h7-10,14,22H,11-13H2,1-6H3,(H,25,26). The quantitative estimate of drug-likeness (QED) is 0.733. The molecule has 0 aliphatic rings. The van der Waals surface area contributed by atoms with Crippen molar-refractivity contribution in [1.82, 2.24) is 15.1 Å². The van der Waals surface area contributed by atoms with Crippen LogP contribution in [0.4, 0.5) is 0 Å². The largest absolute Gasteiger partial charge is 0.481 e. The number of carboxylic acid groups (broad SMARTS) is 1. The molecule has 0 aliphatic carbocycles. The first kappa shape index (κ1) is 20.2. The van der Waals surface area contributed by atoms with Gasteiger partial charge in [-0.1, -0.05) is 38.5 Å². The van der Waals surface area contributed by atoms with Crippen LogP contribution in [-0.2, 0) is 16.8 Å². The van der Waals surface area contributed by atoms with E-state index in [9.17, 15) is 9.90 Å². The van der Waals surface area contributed by atoms with Crippen molar-refractivity contribution >= 4 is 5.97 Å². The SMILES string of the molecule is Cc1ccc(-n2cc(CNCCC(C)(C)C(=O)O)c(C(C)(C)C)n2)cc1. The van der Waals surface area contributed by atoms with E-state index in [1.165, 1.54) is 5.56 Å². The van der Waals surface area contributed by atoms with Gasteiger partial charge in [0.05, 0.1) is 16.8 Å². The summed E-state index contributed by atoms with van der Waals surface area (Å²) in [5.41, 5.74) is 3.69. The van der Waals surface area contributed by atoms with Crippen molar-refractivity contribution < 1.29 is 9.90 Å². The van der Waals surface area contributed by atoms with Gasteiger partial charge in [-0.25, -0.2) is 4.68 Å². The number of benzene rings is 1. The summed E-state index contributed by atoms with van der Waals surface area (Å²) in [6, 6.07) is 8.31. The van der Waals surface area contributed by atoms with Crippen molar-refractivity contribution in [3.05, 3.63) is 47.3 Å². The lowest BCUT2D eigenvalue weighted by molar-refractivity contribution is -0.147. The van der Waals surface area contributed by atoms with Crippen LogP contribution in [0.5, 0.6) is 0 Å². The zero-order valence-corrected chi connectivity index (χ0v) is 16.8. The number of hydrogen-bond acceptors (Lipinski definition) is 3. The molecule has 0 atom stereocenters. The molecular formula is C21H31N3O2. The molecule has 0 radical (unpaired) electrons. The summed E-state index contributed by atoms with van der Waals surface area (Å²) in [4.78, 5) is 11.2. The molecule has 5 nitrogen and oxygen atoms in total. The number of nitrogens with zero attached hydrogens (tertiary/aromatic N) is 2. The van der Waals surface area contributed by atoms with Crippen molar-refractivity contribution in [2.75, 3.05) is 6.54 Å². The van der Waals surface area contributed by atoms with Crippen LogP contribution in [-0.4, -0.2) is 27.4 Å². The summed E-state index contributed by atoms with van der Waals surface area (Å²) in [7, 11) is 0. The van der Waals surface area contributed by atoms with Crippen molar-refractivity contribution in [3.63, 3.8) is 0 Å². The number of aliphatic carboxylic acids is 1. The molecule has 26 heavy (non-hydrogen) atoms. The van der Waals surface area contributed by atoms with Crippen LogP contribution in [0.2, 0.25) is 0 Å². The fourth-order valence-corrected chi connectivity index (χ4v) is 2.73. The van der Waals surface area contributed by atoms with Gasteiger partial charge in [0.15, 0.2) is 0 Å². The molecule has 142 valence electrons. The lowest BCUT2D eigenvalue weighted by Gasteiger charge is -2.20. The van der Waals surface area contributed by atoms with E-state index in [-0.39, 0.29) is 5.41 Å². The highest BCUT2D eigenvalue weighted by molar-refractivity contribution is 5.73. The monoisotopic (exact) mass is 357 g/mol. The molecule has 2 rings (SSSR count). The average molecular weight is 357 g/mol. The van der Waals surface area contributed by atoms with Crippen molar-refractivity contribution in [2.24, 2.45) is 5.41 Å². The van der Waals surface area contributed by atoms with Gasteiger partial charge in [0.1, 0.15) is 0 Å². The smallest absolute Gasteiger partial charge is 0.309 e. The Morgan fingerprint density at radius 2 is 1.77 bits per heavy atom. The summed E-state index contributed by atoms with van der Waals surface area (Å²) in [5, 5.41) is 17.4. The molecule has 5 heteroatoms. The Labute approximate surface area is 156 Å². The van der Waals surface area contributed by atoms with E-state index < -0.39 is 11.4 Å². The predicted molar refractivity (Wildman–Crippen MR) is 105 cm³/mol. The average Bonchev–Trinajstić information content (AvgIpc) is 2.96. The molecule has 0 amide bonds. The van der Waals surface area contributed by atoms with Gasteiger partial charge in [-0.15, -0.1) is 0 Å². The van der Waals surface area contributed by atoms with Gasteiger partial charge < -0.3 is 10.4 Å². The fraction of sp³-hybridized carbons (Fsp3) is 0.524. The Kier molecular flexibility index (Phi) is 5.91. The summed E-state index contributed by atoms with van der Waals surface area (Å²) in [6.45, 7) is 13.4. The van der Waals surface area contributed by atoms with Gasteiger partial charge in [0.25, 0.3) is 0 Å². The number of aryl methyl sites for hydroxylation is 1. The number of carboxylic acids is 1. The van der Waals surface area contributed by atoms with Crippen LogP contribution in [0.1, 0.15) is 57.9 Å². The molecule has 0 fully saturated rings. The number of aromatic nitrogens is 2. The minimum absolute atomic E-state index is 0.0622. The van der Waals surface area contributed by atoms with Crippen molar-refractivity contribution in [3.8, 4) is 5.69 Å². The zero-order valence-electron chi connectivity index (χ0n) is 16.8. The highest BCUT2D eigenvalue weighted by Gasteiger charge is 2.26. The molecule has 1 heterocycles. The number of rotatable bonds is 7. The molecule has 0 unspecified atom stereocenters. The normalized spacial score (nSPS) is 12.4. The van der Waals surface area contributed by atoms with Crippen molar-refractivity contribution in [2.45, 2.75) is 59.9 Å². The van der Waals surface area contributed by atoms with Gasteiger partial charge in [-0.3, -0.25) is 4.79 Å². The maximum atomic E-state index is 11.2. The van der Waals surface area contributed by atoms with Crippen LogP contribution in [0.25, 0.3) is 5.69 Å². The molecule has 0 aliphatic heterocycles. The fourth-order valence-electron chi connectivity index (χ4n) is 2.73. The number of carbonyl (C=O) groups is 1. The molecule has 0 bridgehead atoms. The van der Waals surface area contributed by atoms with Crippen LogP contribution in [0.3, 0.4) is 0 Å². The first-order valence-electron chi connectivity index (χ1n) is 9.11. The topological polar surface area (TPSA) is 67.2 Å². The second kappa shape index (κ2) is 7.62. The van der Waals surface area contributed by atoms with Gasteiger partial charge in [-0.2, -0.15) is 5.10 Å². The van der Waals surface area contributed by atoms with E-state index in [1.54, 1.807) is 13.8 Å². The Balaban J connectivity index is 2.14. The van der Waals surface area contributed by atoms with E-state index in [4.69, 9.17) is 5.10 Å². The number of hydrogen-bond donors (Lipinski definition) is 2. The highest BCUT2D eigenvalue weighted by atomic mass is 16.4. The highest BCUT2D eigenvalue weighted by Crippen LogP contribution is 2.26. The van der Waals surface area contributed by atoms with Crippen LogP contribution in [0, 0.1) is 12.3 Å². The van der Waals surface area contributed by atoms with Gasteiger partial charge in [-0.05, 0) is 45.9 Å². The molecule has 0 saturated carbocycles. The lowest BCUT2D eigenvalue weighted by Crippen LogP contribution is -2.29. The molecule has 1 aromatic heterocycles. The molecule has 2 N–H and O–H groups in total. The van der Waals surface area contributed by atoms with E-state index in [0.29, 0.717) is 19.5 Å². The Morgan fingerprint density at radius 3 is 2.31 bits per heavy atom. The third-order valence-corrected chi connectivity index (χ3v) is 4.62. The van der Waals surface area contributed by atoms with Crippen LogP contribution in [0.15, 0.2) is 30.5 Å². The summed E-state index contributed by atoms with van der Waals surface area (Å²) in [5.74, 6) is -0.762. The second-order valence-corrected chi connectivity index (χ2v) is 8.65. The predicted octanol–water partition coefficient (Wildman–Crippen LogP) is 4.07. The van der Waals surface area contributed by atoms with Gasteiger partial charge >= 0.3 is 5.97 Å². The van der Waals surface area contributed by atoms with Crippen LogP contribution < -0.4 is 5.32 Å². The third-order valence-electron chi connectivity index (χ3n) is 4.62. The molecule has 0 saturated heterocycles. The van der Waals surface area contributed by atoms with E-state index in [1.807, 2.05) is 4.68 Å². The first-order chi connectivity index (χ1) is 12.0. The molecular weight excluding hydrogens is 326 g/mol. The Bertz CT molecular complexity index is 753. The minimum atomic E-state index is -0.762. The maximum absolute atomic E-state index is 11.2. The third kappa shape index (κ3) is 4.94. The Hall–Kier alpha value is -2.14. The summed E-state index contributed by atoms with van der Waals surface area (Å²) >= 11 is 0. The zero-order chi connectivity index (χ0) is 19.5. The maximum Gasteiger partial charge on any atom is 0.309 e.